The first kappa shape index (κ1) is 10.8. The third kappa shape index (κ3) is 3.18. The van der Waals surface area contributed by atoms with E-state index in [9.17, 15) is 9.59 Å². The van der Waals surface area contributed by atoms with Crippen molar-refractivity contribution in [3.8, 4) is 0 Å². The van der Waals surface area contributed by atoms with Crippen LogP contribution in [0.2, 0.25) is 0 Å². The monoisotopic (exact) mass is 211 g/mol. The molecule has 0 aromatic carbocycles. The van der Waals surface area contributed by atoms with Crippen LogP contribution in [0.25, 0.3) is 0 Å². The lowest BCUT2D eigenvalue weighted by Crippen LogP contribution is -2.12. The number of anilines is 2. The van der Waals surface area contributed by atoms with Crippen LogP contribution in [0.3, 0.4) is 0 Å². The lowest BCUT2D eigenvalue weighted by Gasteiger charge is -1.99. The highest BCUT2D eigenvalue weighted by Gasteiger charge is 2.13. The summed E-state index contributed by atoms with van der Waals surface area (Å²) in [6.45, 7) is 0. The number of rotatable bonds is 4. The minimum atomic E-state index is -1.07. The van der Waals surface area contributed by atoms with Gasteiger partial charge in [0.1, 0.15) is 0 Å². The number of carboxylic acid groups (broad SMARTS) is 1. The number of nitrogens with zero attached hydrogens (tertiary/aromatic N) is 3. The smallest absolute Gasteiger partial charge is 0.303 e. The minimum Gasteiger partial charge on any atom is -0.481 e. The maximum Gasteiger partial charge on any atom is 0.303 e. The second kappa shape index (κ2) is 4.31. The van der Waals surface area contributed by atoms with Gasteiger partial charge in [0.25, 0.3) is 0 Å². The first-order valence-corrected chi connectivity index (χ1v) is 4.01. The van der Waals surface area contributed by atoms with Gasteiger partial charge in [-0.15, -0.1) is 0 Å². The van der Waals surface area contributed by atoms with Crippen molar-refractivity contribution in [3.63, 3.8) is 0 Å². The van der Waals surface area contributed by atoms with Gasteiger partial charge >= 0.3 is 5.97 Å². The minimum absolute atomic E-state index is 0.166. The Morgan fingerprint density at radius 2 is 1.60 bits per heavy atom. The largest absolute Gasteiger partial charge is 0.481 e. The van der Waals surface area contributed by atoms with Crippen molar-refractivity contribution in [2.45, 2.75) is 12.8 Å². The first-order chi connectivity index (χ1) is 6.99. The van der Waals surface area contributed by atoms with Crippen molar-refractivity contribution in [1.29, 1.82) is 0 Å². The molecule has 0 aliphatic carbocycles. The molecule has 1 aromatic heterocycles. The Kier molecular flexibility index (Phi) is 3.11. The maximum absolute atomic E-state index is 11.3. The molecule has 80 valence electrons. The van der Waals surface area contributed by atoms with Crippen LogP contribution in [0.5, 0.6) is 0 Å². The van der Waals surface area contributed by atoms with Crippen molar-refractivity contribution in [2.24, 2.45) is 0 Å². The van der Waals surface area contributed by atoms with Gasteiger partial charge in [0, 0.05) is 6.42 Å². The first-order valence-electron chi connectivity index (χ1n) is 4.01. The summed E-state index contributed by atoms with van der Waals surface area (Å²) >= 11 is 0. The number of carbonyl (C=O) groups is 2. The summed E-state index contributed by atoms with van der Waals surface area (Å²) in [4.78, 5) is 32.1. The molecule has 0 bridgehead atoms. The molecule has 0 radical (unpaired) electrons. The highest BCUT2D eigenvalue weighted by atomic mass is 16.4. The van der Waals surface area contributed by atoms with Crippen LogP contribution >= 0.6 is 0 Å². The molecule has 0 aliphatic heterocycles. The maximum atomic E-state index is 11.3. The van der Waals surface area contributed by atoms with Crippen LogP contribution in [0.15, 0.2) is 0 Å². The second-order valence-corrected chi connectivity index (χ2v) is 2.69. The Morgan fingerprint density at radius 3 is 2.07 bits per heavy atom. The Balaban J connectivity index is 2.77. The van der Waals surface area contributed by atoms with Gasteiger partial charge < -0.3 is 16.6 Å². The molecule has 0 saturated heterocycles. The summed E-state index contributed by atoms with van der Waals surface area (Å²) in [6.07, 6.45) is -0.484. The number of hydrogen-bond acceptors (Lipinski definition) is 7. The van der Waals surface area contributed by atoms with Crippen molar-refractivity contribution in [3.05, 3.63) is 5.82 Å². The van der Waals surface area contributed by atoms with Gasteiger partial charge in [-0.3, -0.25) is 9.59 Å². The number of hydrogen-bond donors (Lipinski definition) is 3. The van der Waals surface area contributed by atoms with E-state index in [0.29, 0.717) is 0 Å². The molecule has 5 N–H and O–H groups in total. The zero-order valence-corrected chi connectivity index (χ0v) is 7.67. The Bertz CT molecular complexity index is 385. The molecule has 8 heteroatoms. The van der Waals surface area contributed by atoms with E-state index in [0.717, 1.165) is 0 Å². The highest BCUT2D eigenvalue weighted by molar-refractivity contribution is 5.94. The third-order valence-corrected chi connectivity index (χ3v) is 1.49. The van der Waals surface area contributed by atoms with Crippen molar-refractivity contribution in [1.82, 2.24) is 15.0 Å². The van der Waals surface area contributed by atoms with Crippen LogP contribution in [0.1, 0.15) is 23.5 Å². The standard InChI is InChI=1S/C7H9N5O3/c8-6-10-5(11-7(9)12-6)3(13)1-2-4(14)15/h1-2H2,(H,14,15)(H4,8,9,10,11,12). The van der Waals surface area contributed by atoms with Gasteiger partial charge in [-0.2, -0.15) is 15.0 Å². The molecule has 0 amide bonds. The Labute approximate surface area is 84.3 Å². The topological polar surface area (TPSA) is 145 Å². The molecule has 0 fully saturated rings. The third-order valence-electron chi connectivity index (χ3n) is 1.49. The lowest BCUT2D eigenvalue weighted by molar-refractivity contribution is -0.136. The van der Waals surface area contributed by atoms with E-state index in [1.807, 2.05) is 0 Å². The summed E-state index contributed by atoms with van der Waals surface area (Å²) in [6, 6.07) is 0. The molecule has 15 heavy (non-hydrogen) atoms. The van der Waals surface area contributed by atoms with Crippen molar-refractivity contribution in [2.75, 3.05) is 11.5 Å². The van der Waals surface area contributed by atoms with E-state index >= 15 is 0 Å². The van der Waals surface area contributed by atoms with E-state index in [1.165, 1.54) is 0 Å². The number of ketones is 1. The van der Waals surface area contributed by atoms with Gasteiger partial charge in [-0.1, -0.05) is 0 Å². The molecule has 1 rings (SSSR count). The summed E-state index contributed by atoms with van der Waals surface area (Å²) in [5.74, 6) is -2.14. The van der Waals surface area contributed by atoms with E-state index < -0.39 is 11.8 Å². The van der Waals surface area contributed by atoms with Crippen LogP contribution < -0.4 is 11.5 Å². The molecule has 0 unspecified atom stereocenters. The summed E-state index contributed by atoms with van der Waals surface area (Å²) in [5, 5.41) is 8.36. The van der Waals surface area contributed by atoms with Crippen LogP contribution in [-0.4, -0.2) is 31.8 Å². The van der Waals surface area contributed by atoms with E-state index in [2.05, 4.69) is 15.0 Å². The van der Waals surface area contributed by atoms with Gasteiger partial charge in [0.05, 0.1) is 6.42 Å². The molecule has 1 aromatic rings. The predicted molar refractivity (Wildman–Crippen MR) is 49.9 cm³/mol. The number of carboxylic acids is 1. The number of carbonyl (C=O) groups excluding carboxylic acids is 1. The Morgan fingerprint density at radius 1 is 1.07 bits per heavy atom. The summed E-state index contributed by atoms with van der Waals surface area (Å²) < 4.78 is 0. The molecule has 1 heterocycles. The van der Waals surface area contributed by atoms with E-state index in [-0.39, 0.29) is 30.6 Å². The molecule has 0 saturated carbocycles. The fourth-order valence-corrected chi connectivity index (χ4v) is 0.866. The molecule has 8 nitrogen and oxygen atoms in total. The van der Waals surface area contributed by atoms with Gasteiger partial charge in [-0.25, -0.2) is 0 Å². The average molecular weight is 211 g/mol. The second-order valence-electron chi connectivity index (χ2n) is 2.69. The van der Waals surface area contributed by atoms with Gasteiger partial charge in [-0.05, 0) is 0 Å². The fourth-order valence-electron chi connectivity index (χ4n) is 0.866. The quantitative estimate of drug-likeness (QED) is 0.542. The fraction of sp³-hybridized carbons (Fsp3) is 0.286. The number of nitrogen functional groups attached to an aromatic ring is 2. The molecule has 0 aliphatic rings. The average Bonchev–Trinajstić information content (AvgIpc) is 2.12. The van der Waals surface area contributed by atoms with Crippen LogP contribution in [-0.2, 0) is 4.79 Å². The number of aromatic nitrogens is 3. The molecule has 0 atom stereocenters. The van der Waals surface area contributed by atoms with E-state index in [1.54, 1.807) is 0 Å². The molecule has 0 spiro atoms. The normalized spacial score (nSPS) is 9.87. The zero-order chi connectivity index (χ0) is 11.4. The number of Topliss-reactive ketones (excluding diaryl/α,β-unsaturated/α-hetero) is 1. The van der Waals surface area contributed by atoms with Crippen LogP contribution in [0.4, 0.5) is 11.9 Å². The van der Waals surface area contributed by atoms with Crippen molar-refractivity contribution >= 4 is 23.6 Å². The SMILES string of the molecule is Nc1nc(N)nc(C(=O)CCC(=O)O)n1. The van der Waals surface area contributed by atoms with E-state index in [4.69, 9.17) is 16.6 Å². The lowest BCUT2D eigenvalue weighted by atomic mass is 10.2. The van der Waals surface area contributed by atoms with Gasteiger partial charge in [0.15, 0.2) is 0 Å². The number of nitrogens with two attached hydrogens (primary N) is 2. The molecular weight excluding hydrogens is 202 g/mol. The van der Waals surface area contributed by atoms with Crippen molar-refractivity contribution < 1.29 is 14.7 Å². The highest BCUT2D eigenvalue weighted by Crippen LogP contribution is 2.03. The zero-order valence-electron chi connectivity index (χ0n) is 7.67. The molecular formula is C7H9N5O3. The number of aliphatic carboxylic acids is 1. The summed E-state index contributed by atoms with van der Waals surface area (Å²) in [7, 11) is 0. The predicted octanol–water partition coefficient (Wildman–Crippen LogP) is -0.917. The van der Waals surface area contributed by atoms with Crippen LogP contribution in [0, 0.1) is 0 Å². The van der Waals surface area contributed by atoms with Gasteiger partial charge in [0.2, 0.25) is 23.5 Å². The summed E-state index contributed by atoms with van der Waals surface area (Å²) in [5.41, 5.74) is 10.5. The Hall–Kier alpha value is -2.25.